The number of benzene rings is 2. The lowest BCUT2D eigenvalue weighted by atomic mass is 10.1. The summed E-state index contributed by atoms with van der Waals surface area (Å²) in [4.78, 5) is 17.9. The molecule has 1 heterocycles. The quantitative estimate of drug-likeness (QED) is 0.696. The van der Waals surface area contributed by atoms with Crippen molar-refractivity contribution in [2.24, 2.45) is 0 Å². The van der Waals surface area contributed by atoms with Crippen molar-refractivity contribution in [1.82, 2.24) is 9.97 Å². The molecular formula is C17H13BrN2O2. The van der Waals surface area contributed by atoms with Gasteiger partial charge in [-0.2, -0.15) is 0 Å². The third kappa shape index (κ3) is 3.26. The fourth-order valence-corrected chi connectivity index (χ4v) is 2.61. The topological polar surface area (TPSA) is 55.0 Å². The van der Waals surface area contributed by atoms with E-state index in [9.17, 15) is 4.79 Å². The number of H-pyrrole nitrogens is 1. The standard InChI is InChI=1S/C17H13BrN2O2/c18-17-16(19-15(10-21)20-17)13-7-4-8-14(9-13)22-11-12-5-2-1-3-6-12/h1-10H,11H2,(H,19,20). The molecule has 1 aromatic heterocycles. The van der Waals surface area contributed by atoms with Crippen LogP contribution in [-0.2, 0) is 6.61 Å². The Kier molecular flexibility index (Phi) is 4.34. The minimum Gasteiger partial charge on any atom is -0.489 e. The molecule has 0 radical (unpaired) electrons. The number of nitrogens with zero attached hydrogens (tertiary/aromatic N) is 1. The van der Waals surface area contributed by atoms with Gasteiger partial charge in [0.2, 0.25) is 0 Å². The van der Waals surface area contributed by atoms with E-state index in [0.29, 0.717) is 23.2 Å². The van der Waals surface area contributed by atoms with Crippen LogP contribution in [-0.4, -0.2) is 16.3 Å². The van der Waals surface area contributed by atoms with E-state index in [4.69, 9.17) is 4.74 Å². The lowest BCUT2D eigenvalue weighted by Gasteiger charge is -2.07. The van der Waals surface area contributed by atoms with Gasteiger partial charge in [0.15, 0.2) is 12.1 Å². The molecule has 0 aliphatic heterocycles. The van der Waals surface area contributed by atoms with Crippen molar-refractivity contribution < 1.29 is 9.53 Å². The summed E-state index contributed by atoms with van der Waals surface area (Å²) in [7, 11) is 0. The highest BCUT2D eigenvalue weighted by atomic mass is 79.9. The summed E-state index contributed by atoms with van der Waals surface area (Å²) >= 11 is 3.38. The Morgan fingerprint density at radius 2 is 1.95 bits per heavy atom. The summed E-state index contributed by atoms with van der Waals surface area (Å²) < 4.78 is 6.48. The molecule has 3 aromatic rings. The molecule has 0 bridgehead atoms. The first-order valence-corrected chi connectivity index (χ1v) is 7.53. The highest BCUT2D eigenvalue weighted by Crippen LogP contribution is 2.28. The number of hydrogen-bond donors (Lipinski definition) is 1. The second-order valence-corrected chi connectivity index (χ2v) is 5.50. The summed E-state index contributed by atoms with van der Waals surface area (Å²) in [5.41, 5.74) is 2.67. The van der Waals surface area contributed by atoms with Crippen LogP contribution in [0.4, 0.5) is 0 Å². The molecule has 0 saturated heterocycles. The first kappa shape index (κ1) is 14.5. The van der Waals surface area contributed by atoms with Crippen LogP contribution in [0, 0.1) is 0 Å². The van der Waals surface area contributed by atoms with E-state index in [2.05, 4.69) is 25.9 Å². The smallest absolute Gasteiger partial charge is 0.185 e. The number of rotatable bonds is 5. The van der Waals surface area contributed by atoms with Gasteiger partial charge in [-0.25, -0.2) is 4.98 Å². The van der Waals surface area contributed by atoms with Gasteiger partial charge >= 0.3 is 0 Å². The van der Waals surface area contributed by atoms with Crippen LogP contribution in [0.25, 0.3) is 11.3 Å². The first-order valence-electron chi connectivity index (χ1n) is 6.74. The second kappa shape index (κ2) is 6.58. The Labute approximate surface area is 136 Å². The molecule has 0 fully saturated rings. The Bertz CT molecular complexity index is 784. The zero-order valence-electron chi connectivity index (χ0n) is 11.6. The van der Waals surface area contributed by atoms with Crippen LogP contribution >= 0.6 is 15.9 Å². The van der Waals surface area contributed by atoms with Gasteiger partial charge in [0.1, 0.15) is 22.7 Å². The molecule has 0 aliphatic rings. The molecule has 0 amide bonds. The summed E-state index contributed by atoms with van der Waals surface area (Å²) in [6, 6.07) is 17.6. The molecule has 5 heteroatoms. The van der Waals surface area contributed by atoms with Gasteiger partial charge in [-0.1, -0.05) is 42.5 Å². The largest absolute Gasteiger partial charge is 0.489 e. The summed E-state index contributed by atoms with van der Waals surface area (Å²) in [6.07, 6.45) is 0.685. The first-order chi connectivity index (χ1) is 10.8. The van der Waals surface area contributed by atoms with E-state index in [1.165, 1.54) is 0 Å². The maximum Gasteiger partial charge on any atom is 0.185 e. The van der Waals surface area contributed by atoms with E-state index >= 15 is 0 Å². The predicted octanol–water partition coefficient (Wildman–Crippen LogP) is 4.23. The molecule has 0 unspecified atom stereocenters. The normalized spacial score (nSPS) is 10.4. The van der Waals surface area contributed by atoms with Crippen LogP contribution in [0.1, 0.15) is 16.2 Å². The van der Waals surface area contributed by atoms with E-state index < -0.39 is 0 Å². The van der Waals surface area contributed by atoms with Gasteiger partial charge in [-0.15, -0.1) is 0 Å². The van der Waals surface area contributed by atoms with Gasteiger partial charge in [0.05, 0.1) is 0 Å². The molecule has 4 nitrogen and oxygen atoms in total. The molecule has 110 valence electrons. The molecular weight excluding hydrogens is 344 g/mol. The number of aldehydes is 1. The molecule has 0 saturated carbocycles. The van der Waals surface area contributed by atoms with Crippen molar-refractivity contribution in [3.8, 4) is 17.0 Å². The summed E-state index contributed by atoms with van der Waals surface area (Å²) in [6.45, 7) is 0.506. The highest BCUT2D eigenvalue weighted by molar-refractivity contribution is 9.10. The molecule has 1 N–H and O–H groups in total. The minimum absolute atomic E-state index is 0.289. The maximum absolute atomic E-state index is 10.8. The van der Waals surface area contributed by atoms with Gasteiger partial charge in [0.25, 0.3) is 0 Å². The average molecular weight is 357 g/mol. The minimum atomic E-state index is 0.289. The fraction of sp³-hybridized carbons (Fsp3) is 0.0588. The van der Waals surface area contributed by atoms with E-state index in [1.807, 2.05) is 54.6 Å². The fourth-order valence-electron chi connectivity index (χ4n) is 2.09. The summed E-state index contributed by atoms with van der Waals surface area (Å²) in [5.74, 6) is 1.04. The molecule has 0 aliphatic carbocycles. The third-order valence-corrected chi connectivity index (χ3v) is 3.72. The average Bonchev–Trinajstić information content (AvgIpc) is 2.95. The molecule has 0 spiro atoms. The Morgan fingerprint density at radius 3 is 2.68 bits per heavy atom. The number of nitrogens with one attached hydrogen (secondary N) is 1. The molecule has 0 atom stereocenters. The number of ether oxygens (including phenoxy) is 1. The number of aromatic amines is 1. The number of halogens is 1. The third-order valence-electron chi connectivity index (χ3n) is 3.15. The van der Waals surface area contributed by atoms with Gasteiger partial charge < -0.3 is 9.72 Å². The van der Waals surface area contributed by atoms with Crippen molar-refractivity contribution in [2.75, 3.05) is 0 Å². The number of carbonyl (C=O) groups excluding carboxylic acids is 1. The Morgan fingerprint density at radius 1 is 1.14 bits per heavy atom. The number of imidazole rings is 1. The van der Waals surface area contributed by atoms with Gasteiger partial charge in [0, 0.05) is 5.56 Å². The zero-order valence-corrected chi connectivity index (χ0v) is 13.2. The molecule has 22 heavy (non-hydrogen) atoms. The summed E-state index contributed by atoms with van der Waals surface area (Å²) in [5, 5.41) is 0. The predicted molar refractivity (Wildman–Crippen MR) is 87.9 cm³/mol. The van der Waals surface area contributed by atoms with E-state index in [-0.39, 0.29) is 5.82 Å². The SMILES string of the molecule is O=Cc1nc(-c2cccc(OCc3ccccc3)c2)c(Br)[nH]1. The van der Waals surface area contributed by atoms with Crippen molar-refractivity contribution in [3.63, 3.8) is 0 Å². The highest BCUT2D eigenvalue weighted by Gasteiger charge is 2.10. The van der Waals surface area contributed by atoms with Gasteiger partial charge in [-0.3, -0.25) is 4.79 Å². The second-order valence-electron chi connectivity index (χ2n) is 4.70. The van der Waals surface area contributed by atoms with E-state index in [1.54, 1.807) is 0 Å². The van der Waals surface area contributed by atoms with Crippen molar-refractivity contribution in [1.29, 1.82) is 0 Å². The van der Waals surface area contributed by atoms with Crippen LogP contribution in [0.2, 0.25) is 0 Å². The van der Waals surface area contributed by atoms with E-state index in [0.717, 1.165) is 16.9 Å². The van der Waals surface area contributed by atoms with Gasteiger partial charge in [-0.05, 0) is 33.6 Å². The number of aromatic nitrogens is 2. The molecule has 3 rings (SSSR count). The van der Waals surface area contributed by atoms with Crippen molar-refractivity contribution >= 4 is 22.2 Å². The lowest BCUT2D eigenvalue weighted by Crippen LogP contribution is -1.95. The maximum atomic E-state index is 10.8. The Balaban J connectivity index is 1.80. The zero-order chi connectivity index (χ0) is 15.4. The van der Waals surface area contributed by atoms with Crippen LogP contribution < -0.4 is 4.74 Å². The number of carbonyl (C=O) groups is 1. The van der Waals surface area contributed by atoms with Crippen LogP contribution in [0.5, 0.6) is 5.75 Å². The number of hydrogen-bond acceptors (Lipinski definition) is 3. The van der Waals surface area contributed by atoms with Crippen molar-refractivity contribution in [3.05, 3.63) is 70.6 Å². The van der Waals surface area contributed by atoms with Crippen LogP contribution in [0.15, 0.2) is 59.2 Å². The molecule has 2 aromatic carbocycles. The lowest BCUT2D eigenvalue weighted by molar-refractivity contribution is 0.111. The Hall–Kier alpha value is -2.40. The van der Waals surface area contributed by atoms with Crippen LogP contribution in [0.3, 0.4) is 0 Å². The monoisotopic (exact) mass is 356 g/mol. The van der Waals surface area contributed by atoms with Crippen molar-refractivity contribution in [2.45, 2.75) is 6.61 Å².